The third-order valence-corrected chi connectivity index (χ3v) is 3.09. The quantitative estimate of drug-likeness (QED) is 0.677. The van der Waals surface area contributed by atoms with Crippen molar-refractivity contribution in [1.29, 1.82) is 0 Å². The molecule has 1 aliphatic carbocycles. The number of hydrogen-bond acceptors (Lipinski definition) is 2. The first kappa shape index (κ1) is 12.2. The maximum atomic E-state index is 11.6. The second-order valence-electron chi connectivity index (χ2n) is 4.49. The third-order valence-electron chi connectivity index (χ3n) is 3.09. The van der Waals surface area contributed by atoms with Crippen LogP contribution in [0.2, 0.25) is 0 Å². The number of allylic oxidation sites excluding steroid dienone is 2. The van der Waals surface area contributed by atoms with E-state index in [0.717, 1.165) is 12.8 Å². The van der Waals surface area contributed by atoms with Crippen LogP contribution in [0.5, 0.6) is 0 Å². The molecule has 0 fully saturated rings. The Morgan fingerprint density at radius 1 is 1.60 bits per heavy atom. The zero-order valence-corrected chi connectivity index (χ0v) is 9.57. The lowest BCUT2D eigenvalue weighted by atomic mass is 10.0. The van der Waals surface area contributed by atoms with Gasteiger partial charge in [0.1, 0.15) is 0 Å². The molecule has 1 aliphatic rings. The molecule has 15 heavy (non-hydrogen) atoms. The third kappa shape index (κ3) is 4.04. The van der Waals surface area contributed by atoms with Crippen LogP contribution in [0.4, 0.5) is 0 Å². The Labute approximate surface area is 91.6 Å². The highest BCUT2D eigenvalue weighted by Crippen LogP contribution is 2.20. The molecule has 0 aromatic rings. The van der Waals surface area contributed by atoms with E-state index in [4.69, 9.17) is 5.11 Å². The van der Waals surface area contributed by atoms with Gasteiger partial charge in [-0.1, -0.05) is 19.1 Å². The van der Waals surface area contributed by atoms with Crippen LogP contribution in [0.25, 0.3) is 0 Å². The van der Waals surface area contributed by atoms with Gasteiger partial charge in [0.25, 0.3) is 0 Å². The van der Waals surface area contributed by atoms with E-state index in [-0.39, 0.29) is 24.5 Å². The molecule has 3 unspecified atom stereocenters. The zero-order chi connectivity index (χ0) is 11.3. The van der Waals surface area contributed by atoms with Crippen molar-refractivity contribution in [3.63, 3.8) is 0 Å². The number of carbonyl (C=O) groups is 1. The number of amides is 1. The molecule has 0 heterocycles. The Kier molecular flexibility index (Phi) is 4.82. The van der Waals surface area contributed by atoms with Crippen LogP contribution in [-0.2, 0) is 4.79 Å². The topological polar surface area (TPSA) is 49.3 Å². The highest BCUT2D eigenvalue weighted by atomic mass is 16.3. The number of rotatable bonds is 5. The molecule has 2 N–H and O–H groups in total. The van der Waals surface area contributed by atoms with Gasteiger partial charge in [-0.15, -0.1) is 0 Å². The summed E-state index contributed by atoms with van der Waals surface area (Å²) in [5, 5.41) is 11.9. The summed E-state index contributed by atoms with van der Waals surface area (Å²) in [6.07, 6.45) is 7.04. The lowest BCUT2D eigenvalue weighted by Crippen LogP contribution is -2.38. The van der Waals surface area contributed by atoms with Crippen LogP contribution in [0.3, 0.4) is 0 Å². The summed E-state index contributed by atoms with van der Waals surface area (Å²) in [7, 11) is 0. The Bertz CT molecular complexity index is 238. The molecule has 1 rings (SSSR count). The maximum absolute atomic E-state index is 11.6. The van der Waals surface area contributed by atoms with E-state index in [1.165, 1.54) is 0 Å². The minimum Gasteiger partial charge on any atom is -0.396 e. The van der Waals surface area contributed by atoms with Crippen molar-refractivity contribution >= 4 is 5.91 Å². The SMILES string of the molecule is CC(CO)C(C)NC(=O)CC1C=CCC1. The second-order valence-corrected chi connectivity index (χ2v) is 4.49. The van der Waals surface area contributed by atoms with Crippen molar-refractivity contribution in [2.75, 3.05) is 6.61 Å². The lowest BCUT2D eigenvalue weighted by Gasteiger charge is -2.20. The van der Waals surface area contributed by atoms with E-state index in [0.29, 0.717) is 12.3 Å². The van der Waals surface area contributed by atoms with E-state index in [9.17, 15) is 4.79 Å². The van der Waals surface area contributed by atoms with Crippen molar-refractivity contribution in [2.24, 2.45) is 11.8 Å². The van der Waals surface area contributed by atoms with Crippen LogP contribution < -0.4 is 5.32 Å². The van der Waals surface area contributed by atoms with E-state index in [1.54, 1.807) is 0 Å². The van der Waals surface area contributed by atoms with Crippen LogP contribution in [0.15, 0.2) is 12.2 Å². The fourth-order valence-corrected chi connectivity index (χ4v) is 1.72. The molecule has 3 heteroatoms. The predicted molar refractivity (Wildman–Crippen MR) is 60.3 cm³/mol. The summed E-state index contributed by atoms with van der Waals surface area (Å²) in [5.74, 6) is 0.633. The van der Waals surface area contributed by atoms with E-state index < -0.39 is 0 Å². The molecule has 0 bridgehead atoms. The molecule has 0 radical (unpaired) electrons. The fraction of sp³-hybridized carbons (Fsp3) is 0.750. The molecule has 3 nitrogen and oxygen atoms in total. The molecule has 0 saturated carbocycles. The Balaban J connectivity index is 2.25. The first-order chi connectivity index (χ1) is 7.13. The molecule has 0 aromatic heterocycles. The van der Waals surface area contributed by atoms with Crippen LogP contribution >= 0.6 is 0 Å². The van der Waals surface area contributed by atoms with Gasteiger partial charge < -0.3 is 10.4 Å². The highest BCUT2D eigenvalue weighted by Gasteiger charge is 2.17. The molecule has 1 amide bonds. The zero-order valence-electron chi connectivity index (χ0n) is 9.57. The summed E-state index contributed by atoms with van der Waals surface area (Å²) in [5.41, 5.74) is 0. The number of aliphatic hydroxyl groups excluding tert-OH is 1. The Hall–Kier alpha value is -0.830. The largest absolute Gasteiger partial charge is 0.396 e. The molecule has 0 aliphatic heterocycles. The van der Waals surface area contributed by atoms with Crippen molar-refractivity contribution in [1.82, 2.24) is 5.32 Å². The number of nitrogens with one attached hydrogen (secondary N) is 1. The summed E-state index contributed by atoms with van der Waals surface area (Å²) in [6, 6.07) is 0.0490. The molecule has 86 valence electrons. The van der Waals surface area contributed by atoms with Crippen molar-refractivity contribution in [3.05, 3.63) is 12.2 Å². The van der Waals surface area contributed by atoms with Gasteiger partial charge in [-0.2, -0.15) is 0 Å². The fourth-order valence-electron chi connectivity index (χ4n) is 1.72. The van der Waals surface area contributed by atoms with Crippen molar-refractivity contribution in [2.45, 2.75) is 39.2 Å². The van der Waals surface area contributed by atoms with Gasteiger partial charge in [0.2, 0.25) is 5.91 Å². The molecule has 0 aromatic carbocycles. The minimum absolute atomic E-state index is 0.0490. The normalized spacial score (nSPS) is 23.8. The highest BCUT2D eigenvalue weighted by molar-refractivity contribution is 5.76. The van der Waals surface area contributed by atoms with Crippen LogP contribution in [-0.4, -0.2) is 23.7 Å². The van der Waals surface area contributed by atoms with Crippen molar-refractivity contribution in [3.8, 4) is 0 Å². The average Bonchev–Trinajstić information content (AvgIpc) is 2.68. The van der Waals surface area contributed by atoms with Gasteiger partial charge >= 0.3 is 0 Å². The first-order valence-electron chi connectivity index (χ1n) is 5.70. The summed E-state index contributed by atoms with van der Waals surface area (Å²) in [6.45, 7) is 3.98. The second kappa shape index (κ2) is 5.91. The predicted octanol–water partition coefficient (Wildman–Crippen LogP) is 1.48. The molecule has 0 spiro atoms. The van der Waals surface area contributed by atoms with Crippen LogP contribution in [0.1, 0.15) is 33.1 Å². The number of carbonyl (C=O) groups excluding carboxylic acids is 1. The van der Waals surface area contributed by atoms with Gasteiger partial charge in [-0.05, 0) is 31.6 Å². The molecular weight excluding hydrogens is 190 g/mol. The summed E-state index contributed by atoms with van der Waals surface area (Å²) < 4.78 is 0. The standard InChI is InChI=1S/C12H21NO2/c1-9(8-14)10(2)13-12(15)7-11-5-3-4-6-11/h3,5,9-11,14H,4,6-8H2,1-2H3,(H,13,15). The maximum Gasteiger partial charge on any atom is 0.220 e. The van der Waals surface area contributed by atoms with Crippen molar-refractivity contribution < 1.29 is 9.90 Å². The van der Waals surface area contributed by atoms with E-state index in [2.05, 4.69) is 17.5 Å². The molecule has 3 atom stereocenters. The monoisotopic (exact) mass is 211 g/mol. The molecular formula is C12H21NO2. The lowest BCUT2D eigenvalue weighted by molar-refractivity contribution is -0.122. The van der Waals surface area contributed by atoms with Gasteiger partial charge in [-0.25, -0.2) is 0 Å². The average molecular weight is 211 g/mol. The van der Waals surface area contributed by atoms with Gasteiger partial charge in [0, 0.05) is 19.1 Å². The smallest absolute Gasteiger partial charge is 0.220 e. The van der Waals surface area contributed by atoms with Gasteiger partial charge in [-0.3, -0.25) is 4.79 Å². The first-order valence-corrected chi connectivity index (χ1v) is 5.70. The summed E-state index contributed by atoms with van der Waals surface area (Å²) in [4.78, 5) is 11.6. The minimum atomic E-state index is 0.0490. The van der Waals surface area contributed by atoms with Gasteiger partial charge in [0.05, 0.1) is 0 Å². The summed E-state index contributed by atoms with van der Waals surface area (Å²) >= 11 is 0. The molecule has 0 saturated heterocycles. The number of aliphatic hydroxyl groups is 1. The van der Waals surface area contributed by atoms with Crippen LogP contribution in [0, 0.1) is 11.8 Å². The Morgan fingerprint density at radius 2 is 2.33 bits per heavy atom. The van der Waals surface area contributed by atoms with E-state index in [1.807, 2.05) is 13.8 Å². The Morgan fingerprint density at radius 3 is 2.87 bits per heavy atom. The number of hydrogen-bond donors (Lipinski definition) is 2. The van der Waals surface area contributed by atoms with E-state index >= 15 is 0 Å². The van der Waals surface area contributed by atoms with Gasteiger partial charge in [0.15, 0.2) is 0 Å².